The Morgan fingerprint density at radius 2 is 2.13 bits per heavy atom. The quantitative estimate of drug-likeness (QED) is 0.735. The largest absolute Gasteiger partial charge is 0.315 e. The van der Waals surface area contributed by atoms with Crippen molar-refractivity contribution < 1.29 is 4.21 Å². The standard InChI is InChI=1S/C11H18N2OS/c1-10(15(2)14)9-13-8-5-11-3-6-12-7-4-11/h3-4,6-7,10,13H,5,8-9H2,1-2H3. The van der Waals surface area contributed by atoms with Crippen molar-refractivity contribution in [3.05, 3.63) is 30.1 Å². The van der Waals surface area contributed by atoms with Crippen LogP contribution in [0.5, 0.6) is 0 Å². The van der Waals surface area contributed by atoms with E-state index in [0.29, 0.717) is 0 Å². The fourth-order valence-corrected chi connectivity index (χ4v) is 1.56. The third-order valence-electron chi connectivity index (χ3n) is 2.34. The molecule has 1 heterocycles. The summed E-state index contributed by atoms with van der Waals surface area (Å²) in [6.07, 6.45) is 6.35. The van der Waals surface area contributed by atoms with Gasteiger partial charge in [0.1, 0.15) is 0 Å². The molecule has 1 aromatic heterocycles. The summed E-state index contributed by atoms with van der Waals surface area (Å²) in [5.74, 6) is 0. The van der Waals surface area contributed by atoms with Crippen LogP contribution in [0.15, 0.2) is 24.5 Å². The van der Waals surface area contributed by atoms with Gasteiger partial charge in [0.15, 0.2) is 0 Å². The molecule has 0 aliphatic carbocycles. The molecule has 0 fully saturated rings. The Balaban J connectivity index is 2.15. The Bertz CT molecular complexity index is 303. The minimum absolute atomic E-state index is 0.224. The average molecular weight is 226 g/mol. The molecule has 0 aromatic carbocycles. The molecule has 2 atom stereocenters. The highest BCUT2D eigenvalue weighted by molar-refractivity contribution is 7.84. The highest BCUT2D eigenvalue weighted by atomic mass is 32.2. The summed E-state index contributed by atoms with van der Waals surface area (Å²) >= 11 is 0. The topological polar surface area (TPSA) is 42.0 Å². The fraction of sp³-hybridized carbons (Fsp3) is 0.545. The molecule has 0 amide bonds. The summed E-state index contributed by atoms with van der Waals surface area (Å²) in [5, 5.41) is 3.53. The van der Waals surface area contributed by atoms with Gasteiger partial charge in [0.05, 0.1) is 0 Å². The van der Waals surface area contributed by atoms with Gasteiger partial charge < -0.3 is 5.32 Å². The van der Waals surface area contributed by atoms with Crippen molar-refractivity contribution in [1.82, 2.24) is 10.3 Å². The number of hydrogen-bond acceptors (Lipinski definition) is 3. The SMILES string of the molecule is CC(CNCCc1ccncc1)S(C)=O. The normalized spacial score (nSPS) is 14.8. The van der Waals surface area contributed by atoms with Crippen LogP contribution in [0.25, 0.3) is 0 Å². The molecule has 0 saturated carbocycles. The zero-order chi connectivity index (χ0) is 11.1. The first-order valence-corrected chi connectivity index (χ1v) is 6.74. The van der Waals surface area contributed by atoms with Crippen LogP contribution in [0.1, 0.15) is 12.5 Å². The van der Waals surface area contributed by atoms with E-state index in [0.717, 1.165) is 19.5 Å². The van der Waals surface area contributed by atoms with Crippen LogP contribution >= 0.6 is 0 Å². The molecule has 1 N–H and O–H groups in total. The number of nitrogens with zero attached hydrogens (tertiary/aromatic N) is 1. The van der Waals surface area contributed by atoms with Gasteiger partial charge in [0.2, 0.25) is 0 Å². The van der Waals surface area contributed by atoms with Crippen molar-refractivity contribution in [2.45, 2.75) is 18.6 Å². The van der Waals surface area contributed by atoms with Crippen molar-refractivity contribution in [2.24, 2.45) is 0 Å². The first-order chi connectivity index (χ1) is 7.20. The predicted molar refractivity (Wildman–Crippen MR) is 64.3 cm³/mol. The first-order valence-electron chi connectivity index (χ1n) is 5.12. The van der Waals surface area contributed by atoms with Crippen LogP contribution in [0.2, 0.25) is 0 Å². The van der Waals surface area contributed by atoms with Crippen molar-refractivity contribution in [3.63, 3.8) is 0 Å². The van der Waals surface area contributed by atoms with Crippen molar-refractivity contribution in [2.75, 3.05) is 19.3 Å². The van der Waals surface area contributed by atoms with Crippen LogP contribution in [0.3, 0.4) is 0 Å². The van der Waals surface area contributed by atoms with Gasteiger partial charge in [-0.3, -0.25) is 9.19 Å². The molecule has 3 nitrogen and oxygen atoms in total. The van der Waals surface area contributed by atoms with Crippen LogP contribution in [-0.2, 0) is 17.2 Å². The van der Waals surface area contributed by atoms with Gasteiger partial charge in [-0.25, -0.2) is 0 Å². The predicted octanol–water partition coefficient (Wildman–Crippen LogP) is 0.981. The van der Waals surface area contributed by atoms with E-state index in [1.165, 1.54) is 5.56 Å². The van der Waals surface area contributed by atoms with E-state index in [1.54, 1.807) is 18.6 Å². The summed E-state index contributed by atoms with van der Waals surface area (Å²) in [4.78, 5) is 3.96. The second kappa shape index (κ2) is 6.69. The van der Waals surface area contributed by atoms with Gasteiger partial charge in [0, 0.05) is 41.2 Å². The average Bonchev–Trinajstić information content (AvgIpc) is 2.25. The van der Waals surface area contributed by atoms with Crippen LogP contribution in [0, 0.1) is 0 Å². The third kappa shape index (κ3) is 5.04. The third-order valence-corrected chi connectivity index (χ3v) is 3.64. The maximum Gasteiger partial charge on any atom is 0.0441 e. The van der Waals surface area contributed by atoms with Gasteiger partial charge in [0.25, 0.3) is 0 Å². The summed E-state index contributed by atoms with van der Waals surface area (Å²) in [5.41, 5.74) is 1.28. The maximum atomic E-state index is 11.1. The number of nitrogens with one attached hydrogen (secondary N) is 1. The number of aromatic nitrogens is 1. The molecular weight excluding hydrogens is 208 g/mol. The van der Waals surface area contributed by atoms with Gasteiger partial charge in [-0.1, -0.05) is 0 Å². The zero-order valence-corrected chi connectivity index (χ0v) is 10.1. The Morgan fingerprint density at radius 1 is 1.47 bits per heavy atom. The number of pyridine rings is 1. The van der Waals surface area contributed by atoms with E-state index >= 15 is 0 Å². The Hall–Kier alpha value is -0.740. The Labute approximate surface area is 93.8 Å². The second-order valence-electron chi connectivity index (χ2n) is 3.62. The van der Waals surface area contributed by atoms with Gasteiger partial charge in [-0.05, 0) is 37.6 Å². The van der Waals surface area contributed by atoms with Crippen LogP contribution in [-0.4, -0.2) is 33.8 Å². The molecule has 0 spiro atoms. The Morgan fingerprint density at radius 3 is 2.73 bits per heavy atom. The van der Waals surface area contributed by atoms with Crippen molar-refractivity contribution >= 4 is 10.8 Å². The molecule has 84 valence electrons. The number of rotatable bonds is 6. The van der Waals surface area contributed by atoms with E-state index < -0.39 is 10.8 Å². The highest BCUT2D eigenvalue weighted by Gasteiger charge is 2.04. The van der Waals surface area contributed by atoms with Crippen molar-refractivity contribution in [3.8, 4) is 0 Å². The lowest BCUT2D eigenvalue weighted by Crippen LogP contribution is -2.29. The molecule has 0 aliphatic rings. The summed E-state index contributed by atoms with van der Waals surface area (Å²) in [7, 11) is -0.731. The molecule has 2 unspecified atom stereocenters. The Kier molecular flexibility index (Phi) is 5.50. The molecule has 0 aliphatic heterocycles. The van der Waals surface area contributed by atoms with E-state index in [4.69, 9.17) is 0 Å². The van der Waals surface area contributed by atoms with Crippen LogP contribution in [0.4, 0.5) is 0 Å². The molecule has 1 rings (SSSR count). The molecule has 1 aromatic rings. The first kappa shape index (κ1) is 12.3. The van der Waals surface area contributed by atoms with Crippen molar-refractivity contribution in [1.29, 1.82) is 0 Å². The molecular formula is C11H18N2OS. The van der Waals surface area contributed by atoms with Gasteiger partial charge in [-0.15, -0.1) is 0 Å². The highest BCUT2D eigenvalue weighted by Crippen LogP contribution is 1.96. The number of hydrogen-bond donors (Lipinski definition) is 1. The molecule has 0 bridgehead atoms. The van der Waals surface area contributed by atoms with E-state index in [-0.39, 0.29) is 5.25 Å². The smallest absolute Gasteiger partial charge is 0.0441 e. The maximum absolute atomic E-state index is 11.1. The lowest BCUT2D eigenvalue weighted by Gasteiger charge is -2.09. The zero-order valence-electron chi connectivity index (χ0n) is 9.27. The van der Waals surface area contributed by atoms with Gasteiger partial charge in [-0.2, -0.15) is 0 Å². The fourth-order valence-electron chi connectivity index (χ4n) is 1.20. The summed E-state index contributed by atoms with van der Waals surface area (Å²) < 4.78 is 11.1. The minimum Gasteiger partial charge on any atom is -0.315 e. The molecule has 15 heavy (non-hydrogen) atoms. The van der Waals surface area contributed by atoms with E-state index in [9.17, 15) is 4.21 Å². The monoisotopic (exact) mass is 226 g/mol. The second-order valence-corrected chi connectivity index (χ2v) is 5.42. The van der Waals surface area contributed by atoms with Crippen LogP contribution < -0.4 is 5.32 Å². The van der Waals surface area contributed by atoms with E-state index in [2.05, 4.69) is 10.3 Å². The molecule has 0 saturated heterocycles. The van der Waals surface area contributed by atoms with E-state index in [1.807, 2.05) is 19.1 Å². The molecule has 0 radical (unpaired) electrons. The summed E-state index contributed by atoms with van der Waals surface area (Å²) in [6, 6.07) is 4.03. The lowest BCUT2D eigenvalue weighted by molar-refractivity contribution is 0.646. The lowest BCUT2D eigenvalue weighted by atomic mass is 10.2. The minimum atomic E-state index is -0.731. The summed E-state index contributed by atoms with van der Waals surface area (Å²) in [6.45, 7) is 3.73. The van der Waals surface area contributed by atoms with Gasteiger partial charge >= 0.3 is 0 Å². The molecule has 4 heteroatoms.